The lowest BCUT2D eigenvalue weighted by molar-refractivity contribution is -0.137. The Morgan fingerprint density at radius 1 is 1.53 bits per heavy atom. The van der Waals surface area contributed by atoms with Crippen LogP contribution in [-0.4, -0.2) is 11.1 Å². The van der Waals surface area contributed by atoms with E-state index in [2.05, 4.69) is 0 Å². The minimum atomic E-state index is -0.985. The Morgan fingerprint density at radius 3 is 2.60 bits per heavy atom. The van der Waals surface area contributed by atoms with E-state index >= 15 is 0 Å². The standard InChI is InChI=1S/C11H14FNO2/c1-6-3-8(4-9(12)7(6)2)10(13)5-11(14)15/h3-4,10H,5,13H2,1-2H3,(H,14,15). The zero-order valence-corrected chi connectivity index (χ0v) is 8.75. The van der Waals surface area contributed by atoms with Crippen LogP contribution in [0.5, 0.6) is 0 Å². The summed E-state index contributed by atoms with van der Waals surface area (Å²) in [6.45, 7) is 3.45. The molecule has 0 spiro atoms. The van der Waals surface area contributed by atoms with Gasteiger partial charge in [0, 0.05) is 6.04 Å². The number of rotatable bonds is 3. The molecule has 3 N–H and O–H groups in total. The molecule has 0 radical (unpaired) electrons. The number of aliphatic carboxylic acids is 1. The van der Waals surface area contributed by atoms with Crippen molar-refractivity contribution in [1.82, 2.24) is 0 Å². The van der Waals surface area contributed by atoms with Crippen LogP contribution in [0.3, 0.4) is 0 Å². The van der Waals surface area contributed by atoms with Crippen LogP contribution >= 0.6 is 0 Å². The zero-order valence-electron chi connectivity index (χ0n) is 8.75. The quantitative estimate of drug-likeness (QED) is 0.802. The number of hydrogen-bond acceptors (Lipinski definition) is 2. The first-order chi connectivity index (χ1) is 6.91. The maximum Gasteiger partial charge on any atom is 0.305 e. The van der Waals surface area contributed by atoms with Gasteiger partial charge in [-0.3, -0.25) is 4.79 Å². The third-order valence-corrected chi connectivity index (χ3v) is 2.45. The van der Waals surface area contributed by atoms with Gasteiger partial charge in [0.2, 0.25) is 0 Å². The summed E-state index contributed by atoms with van der Waals surface area (Å²) in [4.78, 5) is 10.4. The van der Waals surface area contributed by atoms with Gasteiger partial charge in [0.15, 0.2) is 0 Å². The second-order valence-electron chi connectivity index (χ2n) is 3.65. The molecule has 0 amide bonds. The molecule has 0 saturated heterocycles. The number of halogens is 1. The molecule has 0 aliphatic carbocycles. The molecular weight excluding hydrogens is 197 g/mol. The molecule has 0 saturated carbocycles. The number of nitrogens with two attached hydrogens (primary N) is 1. The summed E-state index contributed by atoms with van der Waals surface area (Å²) >= 11 is 0. The lowest BCUT2D eigenvalue weighted by Crippen LogP contribution is -2.15. The third-order valence-electron chi connectivity index (χ3n) is 2.45. The highest BCUT2D eigenvalue weighted by atomic mass is 19.1. The van der Waals surface area contributed by atoms with E-state index in [1.165, 1.54) is 6.07 Å². The lowest BCUT2D eigenvalue weighted by atomic mass is 9.99. The van der Waals surface area contributed by atoms with E-state index in [0.717, 1.165) is 5.56 Å². The first-order valence-corrected chi connectivity index (χ1v) is 4.66. The third kappa shape index (κ3) is 2.76. The van der Waals surface area contributed by atoms with Crippen molar-refractivity contribution >= 4 is 5.97 Å². The van der Waals surface area contributed by atoms with Crippen molar-refractivity contribution in [2.75, 3.05) is 0 Å². The highest BCUT2D eigenvalue weighted by Gasteiger charge is 2.13. The average Bonchev–Trinajstić information content (AvgIpc) is 2.12. The summed E-state index contributed by atoms with van der Waals surface area (Å²) < 4.78 is 13.3. The summed E-state index contributed by atoms with van der Waals surface area (Å²) in [5.74, 6) is -1.33. The van der Waals surface area contributed by atoms with Crippen molar-refractivity contribution in [3.05, 3.63) is 34.6 Å². The minimum Gasteiger partial charge on any atom is -0.481 e. The molecule has 1 rings (SSSR count). The van der Waals surface area contributed by atoms with Gasteiger partial charge in [-0.05, 0) is 36.6 Å². The van der Waals surface area contributed by atoms with Gasteiger partial charge in [-0.25, -0.2) is 4.39 Å². The molecule has 0 bridgehead atoms. The van der Waals surface area contributed by atoms with E-state index in [4.69, 9.17) is 10.8 Å². The SMILES string of the molecule is Cc1cc(C(N)CC(=O)O)cc(F)c1C. The van der Waals surface area contributed by atoms with E-state index in [1.54, 1.807) is 19.9 Å². The van der Waals surface area contributed by atoms with E-state index < -0.39 is 12.0 Å². The van der Waals surface area contributed by atoms with Crippen LogP contribution in [0.1, 0.15) is 29.2 Å². The molecule has 4 heteroatoms. The van der Waals surface area contributed by atoms with Crippen molar-refractivity contribution in [1.29, 1.82) is 0 Å². The van der Waals surface area contributed by atoms with Crippen LogP contribution < -0.4 is 5.73 Å². The smallest absolute Gasteiger partial charge is 0.305 e. The zero-order chi connectivity index (χ0) is 11.6. The Bertz CT molecular complexity index is 367. The maximum absolute atomic E-state index is 13.3. The summed E-state index contributed by atoms with van der Waals surface area (Å²) in [7, 11) is 0. The lowest BCUT2D eigenvalue weighted by Gasteiger charge is -2.12. The average molecular weight is 211 g/mol. The van der Waals surface area contributed by atoms with Crippen molar-refractivity contribution in [3.63, 3.8) is 0 Å². The molecular formula is C11H14FNO2. The van der Waals surface area contributed by atoms with Crippen molar-refractivity contribution in [2.24, 2.45) is 5.73 Å². The van der Waals surface area contributed by atoms with E-state index in [1.807, 2.05) is 0 Å². The number of benzene rings is 1. The maximum atomic E-state index is 13.3. The second kappa shape index (κ2) is 4.40. The minimum absolute atomic E-state index is 0.193. The van der Waals surface area contributed by atoms with Gasteiger partial charge in [-0.2, -0.15) is 0 Å². The van der Waals surface area contributed by atoms with Crippen LogP contribution in [0, 0.1) is 19.7 Å². The van der Waals surface area contributed by atoms with Crippen molar-refractivity contribution < 1.29 is 14.3 Å². The molecule has 0 aromatic heterocycles. The molecule has 0 aliphatic rings. The topological polar surface area (TPSA) is 63.3 Å². The largest absolute Gasteiger partial charge is 0.481 e. The second-order valence-corrected chi connectivity index (χ2v) is 3.65. The molecule has 82 valence electrons. The number of carboxylic acid groups (broad SMARTS) is 1. The fraction of sp³-hybridized carbons (Fsp3) is 0.364. The fourth-order valence-corrected chi connectivity index (χ4v) is 1.36. The monoisotopic (exact) mass is 211 g/mol. The van der Waals surface area contributed by atoms with Crippen LogP contribution in [0.15, 0.2) is 12.1 Å². The Hall–Kier alpha value is -1.42. The highest BCUT2D eigenvalue weighted by molar-refractivity contribution is 5.67. The summed E-state index contributed by atoms with van der Waals surface area (Å²) in [5, 5.41) is 8.56. The van der Waals surface area contributed by atoms with E-state index in [9.17, 15) is 9.18 Å². The Kier molecular flexibility index (Phi) is 3.42. The molecule has 3 nitrogen and oxygen atoms in total. The van der Waals surface area contributed by atoms with Crippen LogP contribution in [0.4, 0.5) is 4.39 Å². The summed E-state index contributed by atoms with van der Waals surface area (Å²) in [6, 6.07) is 2.37. The molecule has 1 aromatic carbocycles. The molecule has 0 aliphatic heterocycles. The van der Waals surface area contributed by atoms with Crippen molar-refractivity contribution in [3.8, 4) is 0 Å². The van der Waals surface area contributed by atoms with Gasteiger partial charge in [0.05, 0.1) is 6.42 Å². The van der Waals surface area contributed by atoms with Gasteiger partial charge >= 0.3 is 5.97 Å². The first-order valence-electron chi connectivity index (χ1n) is 4.66. The number of hydrogen-bond donors (Lipinski definition) is 2. The van der Waals surface area contributed by atoms with Gasteiger partial charge in [-0.15, -0.1) is 0 Å². The molecule has 1 atom stereocenters. The molecule has 1 aromatic rings. The van der Waals surface area contributed by atoms with Gasteiger partial charge in [0.25, 0.3) is 0 Å². The summed E-state index contributed by atoms with van der Waals surface area (Å²) in [5.41, 5.74) is 7.52. The number of aryl methyl sites for hydroxylation is 1. The fourth-order valence-electron chi connectivity index (χ4n) is 1.36. The summed E-state index contributed by atoms with van der Waals surface area (Å²) in [6.07, 6.45) is -0.193. The van der Waals surface area contributed by atoms with Crippen LogP contribution in [-0.2, 0) is 4.79 Å². The first kappa shape index (κ1) is 11.7. The van der Waals surface area contributed by atoms with Gasteiger partial charge in [-0.1, -0.05) is 6.07 Å². The van der Waals surface area contributed by atoms with E-state index in [0.29, 0.717) is 11.1 Å². The van der Waals surface area contributed by atoms with Crippen LogP contribution in [0.25, 0.3) is 0 Å². The van der Waals surface area contributed by atoms with Crippen molar-refractivity contribution in [2.45, 2.75) is 26.3 Å². The molecule has 0 heterocycles. The Labute approximate surface area is 87.7 Å². The predicted molar refractivity (Wildman–Crippen MR) is 55.1 cm³/mol. The molecule has 1 unspecified atom stereocenters. The van der Waals surface area contributed by atoms with E-state index in [-0.39, 0.29) is 12.2 Å². The van der Waals surface area contributed by atoms with Gasteiger partial charge in [0.1, 0.15) is 5.82 Å². The molecule has 15 heavy (non-hydrogen) atoms. The number of carbonyl (C=O) groups is 1. The molecule has 0 fully saturated rings. The predicted octanol–water partition coefficient (Wildman–Crippen LogP) is 1.92. The Balaban J connectivity index is 3.00. The normalized spacial score (nSPS) is 12.5. The van der Waals surface area contributed by atoms with Crippen LogP contribution in [0.2, 0.25) is 0 Å². The highest BCUT2D eigenvalue weighted by Crippen LogP contribution is 2.20. The Morgan fingerprint density at radius 2 is 2.13 bits per heavy atom. The van der Waals surface area contributed by atoms with Gasteiger partial charge < -0.3 is 10.8 Å². The number of carboxylic acids is 1.